The molecule has 9 rings (SSSR count). The van der Waals surface area contributed by atoms with Gasteiger partial charge in [-0.1, -0.05) is 55.8 Å². The Morgan fingerprint density at radius 2 is 1.23 bits per heavy atom. The fourth-order valence-electron chi connectivity index (χ4n) is 14.4. The molecule has 4 aliphatic heterocycles. The minimum absolute atomic E-state index is 0.0413. The molecule has 0 spiro atoms. The average molecular weight is 1030 g/mol. The first-order valence-electron chi connectivity index (χ1n) is 26.7. The minimum atomic E-state index is -1.71. The van der Waals surface area contributed by atoms with Crippen LogP contribution in [0.3, 0.4) is 0 Å². The number of Topliss-reactive ketones (excluding diaryl/α,β-unsaturated/α-hetero) is 1. The van der Waals surface area contributed by atoms with Crippen LogP contribution in [0.1, 0.15) is 125 Å². The lowest BCUT2D eigenvalue weighted by Crippen LogP contribution is -2.75. The fourth-order valence-corrected chi connectivity index (χ4v) is 14.4. The maximum absolute atomic E-state index is 13.5. The number of carbonyl (C=O) groups excluding carboxylic acids is 2. The Morgan fingerprint density at radius 1 is 0.699 bits per heavy atom. The minimum Gasteiger partial charge on any atom is -0.458 e. The number of aliphatic hydroxyl groups excluding tert-OH is 4. The maximum Gasteiger partial charge on any atom is 0.331 e. The van der Waals surface area contributed by atoms with Crippen LogP contribution in [0.15, 0.2) is 48.1 Å². The molecule has 18 nitrogen and oxygen atoms in total. The van der Waals surface area contributed by atoms with Crippen molar-refractivity contribution in [3.05, 3.63) is 53.6 Å². The first-order chi connectivity index (χ1) is 34.6. The zero-order valence-corrected chi connectivity index (χ0v) is 43.5. The molecule has 1 aromatic carbocycles. The molecule has 7 fully saturated rings. The predicted molar refractivity (Wildman–Crippen MR) is 260 cm³/mol. The number of carbonyl (C=O) groups is 2. The van der Waals surface area contributed by atoms with Crippen LogP contribution in [0.4, 0.5) is 0 Å². The van der Waals surface area contributed by atoms with Gasteiger partial charge in [0, 0.05) is 56.1 Å². The van der Waals surface area contributed by atoms with E-state index in [1.165, 1.54) is 20.1 Å². The van der Waals surface area contributed by atoms with Gasteiger partial charge < -0.3 is 78.0 Å². The van der Waals surface area contributed by atoms with Crippen LogP contribution in [0.2, 0.25) is 0 Å². The third-order valence-corrected chi connectivity index (χ3v) is 18.5. The number of ketones is 1. The molecule has 73 heavy (non-hydrogen) atoms. The van der Waals surface area contributed by atoms with Gasteiger partial charge in [-0.3, -0.25) is 4.79 Å². The van der Waals surface area contributed by atoms with Crippen molar-refractivity contribution in [3.63, 3.8) is 0 Å². The van der Waals surface area contributed by atoms with E-state index in [-0.39, 0.29) is 56.8 Å². The van der Waals surface area contributed by atoms with Gasteiger partial charge in [0.15, 0.2) is 25.2 Å². The lowest BCUT2D eigenvalue weighted by molar-refractivity contribution is -0.344. The van der Waals surface area contributed by atoms with Gasteiger partial charge in [0.25, 0.3) is 0 Å². The molecule has 24 atom stereocenters. The Kier molecular flexibility index (Phi) is 16.3. The summed E-state index contributed by atoms with van der Waals surface area (Å²) in [5.41, 5.74) is -3.18. The van der Waals surface area contributed by atoms with Crippen LogP contribution >= 0.6 is 0 Å². The summed E-state index contributed by atoms with van der Waals surface area (Å²) in [4.78, 5) is 26.8. The highest BCUT2D eigenvalue weighted by Crippen LogP contribution is 2.70. The predicted octanol–water partition coefficient (Wildman–Crippen LogP) is 4.16. The Labute approximate surface area is 428 Å². The standard InChI is InChI=1S/C55H80O18/c1-28(56)36-18-21-55(63)53(36,7)42(70-43(60)15-14-33-12-10-9-11-13-33)27-41-52(6)19-17-35(22-34(52)16-20-54(41,55)62)69-44-23-37(57)49(30(3)66-44)71-45-24-38(58)50(31(4)67-45)72-46-25-39(59)51(32(5)68-46)73-47-26-40(64-8)48(61)29(2)65-47/h9-16,29-32,35-42,44-51,57-59,61-63H,17-27H2,1-8H3/b15-14+/t29-,30-,31-,32-,35+,36+,37+,38+,39+,40-,41-,42-,44+,45+,46+,47+,48-,49-,50-,51-,52+,53+,54+,55-/m1/s1. The second kappa shape index (κ2) is 21.6. The number of rotatable bonds is 13. The summed E-state index contributed by atoms with van der Waals surface area (Å²) in [6.45, 7) is 12.5. The number of ether oxygens (including phenoxy) is 10. The second-order valence-corrected chi connectivity index (χ2v) is 22.9. The SMILES string of the molecule is CO[C@@H]1C[C@H](O[C@H]2[C@@H](O)C[C@H](O[C@H]3[C@@H](O)C[C@H](O[C@H]4[C@@H](O)C[C@H](O[C@H]5CC[C@@]6(C)C(=CC[C@]7(O)[C@@H]6C[C@@H](OC(=O)/C=C/c6ccccc6)[C@]6(C)[C@H](C(C)=O)CC[C@@]67O)C5)O[C@@H]4C)O[C@@H]3C)O[C@@H]2C)O[C@H](C)[C@H]1O. The molecule has 0 bridgehead atoms. The molecule has 0 aromatic heterocycles. The molecule has 4 aliphatic carbocycles. The summed E-state index contributed by atoms with van der Waals surface area (Å²) in [5.74, 6) is -1.78. The van der Waals surface area contributed by atoms with Crippen molar-refractivity contribution in [2.24, 2.45) is 22.7 Å². The zero-order chi connectivity index (χ0) is 52.4. The van der Waals surface area contributed by atoms with Crippen LogP contribution < -0.4 is 0 Å². The van der Waals surface area contributed by atoms with Gasteiger partial charge in [-0.25, -0.2) is 4.79 Å². The lowest BCUT2D eigenvalue weighted by atomic mass is 9.43. The van der Waals surface area contributed by atoms with Crippen molar-refractivity contribution in [3.8, 4) is 0 Å². The van der Waals surface area contributed by atoms with Gasteiger partial charge in [0.1, 0.15) is 47.5 Å². The van der Waals surface area contributed by atoms with E-state index in [0.29, 0.717) is 25.7 Å². The zero-order valence-electron chi connectivity index (χ0n) is 43.5. The molecular weight excluding hydrogens is 949 g/mol. The summed E-state index contributed by atoms with van der Waals surface area (Å²) in [7, 11) is 1.52. The number of methoxy groups -OCH3 is 1. The van der Waals surface area contributed by atoms with E-state index in [1.54, 1.807) is 33.8 Å². The average Bonchev–Trinajstić information content (AvgIpc) is 3.64. The largest absolute Gasteiger partial charge is 0.458 e. The highest BCUT2D eigenvalue weighted by molar-refractivity contribution is 5.87. The van der Waals surface area contributed by atoms with Gasteiger partial charge in [0.05, 0.1) is 54.9 Å². The summed E-state index contributed by atoms with van der Waals surface area (Å²) in [5, 5.41) is 70.1. The third-order valence-electron chi connectivity index (χ3n) is 18.5. The molecular formula is C55H80O18. The molecule has 0 radical (unpaired) electrons. The van der Waals surface area contributed by atoms with Crippen molar-refractivity contribution >= 4 is 17.8 Å². The van der Waals surface area contributed by atoms with Crippen molar-refractivity contribution in [1.29, 1.82) is 0 Å². The molecule has 4 saturated heterocycles. The summed E-state index contributed by atoms with van der Waals surface area (Å²) in [6.07, 6.45) is -4.92. The van der Waals surface area contributed by atoms with Gasteiger partial charge in [-0.15, -0.1) is 0 Å². The van der Waals surface area contributed by atoms with Gasteiger partial charge in [-0.05, 0) is 96.6 Å². The molecule has 0 unspecified atom stereocenters. The summed E-state index contributed by atoms with van der Waals surface area (Å²) >= 11 is 0. The number of benzene rings is 1. The molecule has 6 N–H and O–H groups in total. The first-order valence-corrected chi connectivity index (χ1v) is 26.7. The topological polar surface area (TPSA) is 248 Å². The Balaban J connectivity index is 0.779. The van der Waals surface area contributed by atoms with Crippen LogP contribution in [0.25, 0.3) is 6.08 Å². The Morgan fingerprint density at radius 3 is 1.77 bits per heavy atom. The van der Waals surface area contributed by atoms with Crippen LogP contribution in [0.5, 0.6) is 0 Å². The maximum atomic E-state index is 13.5. The number of hydrogen-bond donors (Lipinski definition) is 6. The molecule has 1 aromatic rings. The molecule has 408 valence electrons. The van der Waals surface area contributed by atoms with Crippen molar-refractivity contribution in [2.75, 3.05) is 7.11 Å². The van der Waals surface area contributed by atoms with E-state index in [1.807, 2.05) is 43.3 Å². The highest BCUT2D eigenvalue weighted by atomic mass is 16.8. The summed E-state index contributed by atoms with van der Waals surface area (Å²) < 4.78 is 61.4. The van der Waals surface area contributed by atoms with Crippen LogP contribution in [-0.4, -0.2) is 171 Å². The van der Waals surface area contributed by atoms with E-state index in [2.05, 4.69) is 6.92 Å². The molecule has 4 heterocycles. The van der Waals surface area contributed by atoms with E-state index < -0.39 is 144 Å². The summed E-state index contributed by atoms with van der Waals surface area (Å²) in [6, 6.07) is 9.40. The van der Waals surface area contributed by atoms with Crippen LogP contribution in [-0.2, 0) is 57.0 Å². The van der Waals surface area contributed by atoms with E-state index in [0.717, 1.165) is 11.1 Å². The van der Waals surface area contributed by atoms with Gasteiger partial charge in [-0.2, -0.15) is 0 Å². The molecule has 0 amide bonds. The Hall–Kier alpha value is -2.76. The van der Waals surface area contributed by atoms with E-state index in [9.17, 15) is 40.2 Å². The highest BCUT2D eigenvalue weighted by Gasteiger charge is 2.77. The van der Waals surface area contributed by atoms with Crippen molar-refractivity contribution in [1.82, 2.24) is 0 Å². The first kappa shape index (κ1) is 55.0. The number of hydrogen-bond acceptors (Lipinski definition) is 18. The van der Waals surface area contributed by atoms with Crippen molar-refractivity contribution in [2.45, 2.75) is 241 Å². The molecule has 3 saturated carbocycles. The Bertz CT molecular complexity index is 2120. The van der Waals surface area contributed by atoms with Gasteiger partial charge in [0.2, 0.25) is 0 Å². The van der Waals surface area contributed by atoms with E-state index >= 15 is 0 Å². The quantitative estimate of drug-likeness (QED) is 0.0923. The lowest BCUT2D eigenvalue weighted by Gasteiger charge is -2.66. The number of esters is 1. The van der Waals surface area contributed by atoms with E-state index in [4.69, 9.17) is 47.4 Å². The van der Waals surface area contributed by atoms with Crippen molar-refractivity contribution < 1.29 is 87.6 Å². The van der Waals surface area contributed by atoms with Crippen LogP contribution in [0, 0.1) is 22.7 Å². The monoisotopic (exact) mass is 1030 g/mol. The fraction of sp³-hybridized carbons (Fsp3) is 0.782. The normalized spacial score (nSPS) is 49.0. The molecule has 8 aliphatic rings. The third kappa shape index (κ3) is 10.3. The smallest absolute Gasteiger partial charge is 0.331 e. The number of aliphatic hydroxyl groups is 6. The second-order valence-electron chi connectivity index (χ2n) is 22.9. The van der Waals surface area contributed by atoms with Gasteiger partial charge >= 0.3 is 5.97 Å². The number of fused-ring (bicyclic) bond motifs is 5. The molecule has 18 heteroatoms.